The molecule has 1 heteroatoms. The normalized spacial score (nSPS) is 20.8. The van der Waals surface area contributed by atoms with Crippen LogP contribution in [0.3, 0.4) is 0 Å². The summed E-state index contributed by atoms with van der Waals surface area (Å²) in [5, 5.41) is 3.45. The molecular weight excluding hydrogens is 242 g/mol. The Morgan fingerprint density at radius 1 is 1.25 bits per heavy atom. The van der Waals surface area contributed by atoms with Crippen molar-refractivity contribution in [1.29, 1.82) is 0 Å². The molecule has 0 bridgehead atoms. The molecule has 1 aliphatic heterocycles. The van der Waals surface area contributed by atoms with Crippen LogP contribution >= 0.6 is 0 Å². The minimum absolute atomic E-state index is 0.743. The molecule has 1 fully saturated rings. The van der Waals surface area contributed by atoms with Gasteiger partial charge in [-0.3, -0.25) is 0 Å². The Hall–Kier alpha value is -0.820. The smallest absolute Gasteiger partial charge is 0.0252 e. The van der Waals surface area contributed by atoms with Crippen LogP contribution in [0.2, 0.25) is 0 Å². The van der Waals surface area contributed by atoms with Gasteiger partial charge in [-0.25, -0.2) is 0 Å². The fourth-order valence-electron chi connectivity index (χ4n) is 3.46. The van der Waals surface area contributed by atoms with Crippen molar-refractivity contribution in [1.82, 2.24) is 5.32 Å². The fourth-order valence-corrected chi connectivity index (χ4v) is 3.46. The van der Waals surface area contributed by atoms with E-state index in [0.717, 1.165) is 18.3 Å². The molecule has 1 heterocycles. The van der Waals surface area contributed by atoms with Gasteiger partial charge in [0.25, 0.3) is 0 Å². The molecule has 1 aromatic carbocycles. The van der Waals surface area contributed by atoms with Gasteiger partial charge in [-0.2, -0.15) is 0 Å². The summed E-state index contributed by atoms with van der Waals surface area (Å²) in [6, 6.07) is 9.09. The number of hydrogen-bond donors (Lipinski definition) is 1. The second kappa shape index (κ2) is 8.46. The maximum absolute atomic E-state index is 3.45. The third-order valence-electron chi connectivity index (χ3n) is 4.62. The molecule has 0 aromatic heterocycles. The Balaban J connectivity index is 2.08. The van der Waals surface area contributed by atoms with Crippen LogP contribution in [0.25, 0.3) is 0 Å². The summed E-state index contributed by atoms with van der Waals surface area (Å²) in [4.78, 5) is 0. The van der Waals surface area contributed by atoms with Crippen molar-refractivity contribution in [3.05, 3.63) is 41.9 Å². The van der Waals surface area contributed by atoms with Gasteiger partial charge < -0.3 is 5.32 Å². The molecule has 2 unspecified atom stereocenters. The van der Waals surface area contributed by atoms with Crippen molar-refractivity contribution in [2.45, 2.75) is 64.7 Å². The van der Waals surface area contributed by atoms with Crippen LogP contribution in [0.5, 0.6) is 0 Å². The number of hydrogen-bond acceptors (Lipinski definition) is 1. The maximum atomic E-state index is 3.45. The first kappa shape index (κ1) is 15.6. The number of aryl methyl sites for hydroxylation is 1. The lowest BCUT2D eigenvalue weighted by molar-refractivity contribution is 0.369. The van der Waals surface area contributed by atoms with Gasteiger partial charge >= 0.3 is 0 Å². The molecule has 1 radical (unpaired) electrons. The van der Waals surface area contributed by atoms with E-state index in [1.54, 1.807) is 11.1 Å². The average molecular weight is 272 g/mol. The highest BCUT2D eigenvalue weighted by Crippen LogP contribution is 2.34. The minimum atomic E-state index is 0.743. The average Bonchev–Trinajstić information content (AvgIpc) is 2.52. The highest BCUT2D eigenvalue weighted by molar-refractivity contribution is 5.30. The summed E-state index contributed by atoms with van der Waals surface area (Å²) in [6.45, 7) is 8.11. The van der Waals surface area contributed by atoms with Crippen LogP contribution in [0.4, 0.5) is 0 Å². The fraction of sp³-hybridized carbons (Fsp3) is 0.632. The molecule has 20 heavy (non-hydrogen) atoms. The molecule has 0 amide bonds. The van der Waals surface area contributed by atoms with E-state index in [2.05, 4.69) is 50.0 Å². The molecule has 0 aliphatic carbocycles. The zero-order valence-electron chi connectivity index (χ0n) is 13.2. The third-order valence-corrected chi connectivity index (χ3v) is 4.62. The summed E-state index contributed by atoms with van der Waals surface area (Å²) >= 11 is 0. The van der Waals surface area contributed by atoms with Gasteiger partial charge in [0, 0.05) is 6.54 Å². The molecule has 0 spiro atoms. The van der Waals surface area contributed by atoms with Crippen molar-refractivity contribution in [3.63, 3.8) is 0 Å². The van der Waals surface area contributed by atoms with Gasteiger partial charge in [-0.1, -0.05) is 51.0 Å². The topological polar surface area (TPSA) is 12.0 Å². The predicted molar refractivity (Wildman–Crippen MR) is 87.7 cm³/mol. The van der Waals surface area contributed by atoms with Crippen LogP contribution in [-0.4, -0.2) is 6.54 Å². The van der Waals surface area contributed by atoms with Crippen LogP contribution in [0.1, 0.15) is 69.4 Å². The summed E-state index contributed by atoms with van der Waals surface area (Å²) in [7, 11) is 0. The standard InChI is InChI=1S/C19H30N/c1-3-5-10-18(14-16-9-8-13-20-15-16)19-12-7-6-11-17(19)4-2/h6-7,11-12,15-16,18,20H,3-5,8-10,13-14H2,1-2H3. The van der Waals surface area contributed by atoms with E-state index in [4.69, 9.17) is 0 Å². The SMILES string of the molecule is CCCCC(CC1[CH]NCCC1)c1ccccc1CC. The first-order valence-electron chi connectivity index (χ1n) is 8.49. The first-order chi connectivity index (χ1) is 9.85. The van der Waals surface area contributed by atoms with Gasteiger partial charge in [0.15, 0.2) is 0 Å². The Kier molecular flexibility index (Phi) is 6.59. The highest BCUT2D eigenvalue weighted by atomic mass is 14.9. The lowest BCUT2D eigenvalue weighted by atomic mass is 9.80. The Morgan fingerprint density at radius 2 is 2.10 bits per heavy atom. The van der Waals surface area contributed by atoms with Crippen molar-refractivity contribution in [2.75, 3.05) is 6.54 Å². The monoisotopic (exact) mass is 272 g/mol. The highest BCUT2D eigenvalue weighted by Gasteiger charge is 2.21. The van der Waals surface area contributed by atoms with Gasteiger partial charge in [-0.15, -0.1) is 0 Å². The summed E-state index contributed by atoms with van der Waals surface area (Å²) in [5.74, 6) is 1.50. The quantitative estimate of drug-likeness (QED) is 0.730. The van der Waals surface area contributed by atoms with Gasteiger partial charge in [-0.05, 0) is 61.6 Å². The van der Waals surface area contributed by atoms with E-state index in [9.17, 15) is 0 Å². The van der Waals surface area contributed by atoms with Gasteiger partial charge in [0.05, 0.1) is 0 Å². The first-order valence-corrected chi connectivity index (χ1v) is 8.49. The van der Waals surface area contributed by atoms with Crippen LogP contribution < -0.4 is 5.32 Å². The van der Waals surface area contributed by atoms with Crippen LogP contribution in [-0.2, 0) is 6.42 Å². The van der Waals surface area contributed by atoms with Crippen molar-refractivity contribution < 1.29 is 0 Å². The molecule has 1 saturated heterocycles. The number of benzene rings is 1. The molecule has 0 saturated carbocycles. The Labute approximate surface area is 125 Å². The zero-order valence-corrected chi connectivity index (χ0v) is 13.2. The Morgan fingerprint density at radius 3 is 2.80 bits per heavy atom. The van der Waals surface area contributed by atoms with E-state index in [1.807, 2.05) is 0 Å². The lowest BCUT2D eigenvalue weighted by Gasteiger charge is -2.28. The van der Waals surface area contributed by atoms with Gasteiger partial charge in [0.1, 0.15) is 0 Å². The second-order valence-corrected chi connectivity index (χ2v) is 6.15. The molecule has 2 atom stereocenters. The maximum Gasteiger partial charge on any atom is 0.0252 e. The van der Waals surface area contributed by atoms with E-state index in [0.29, 0.717) is 0 Å². The largest absolute Gasteiger partial charge is 0.312 e. The summed E-state index contributed by atoms with van der Waals surface area (Å²) in [5.41, 5.74) is 3.17. The predicted octanol–water partition coefficient (Wildman–Crippen LogP) is 5.07. The molecular formula is C19H30N. The molecule has 1 N–H and O–H groups in total. The molecule has 1 aliphatic rings. The van der Waals surface area contributed by atoms with Crippen molar-refractivity contribution in [3.8, 4) is 0 Å². The van der Waals surface area contributed by atoms with Crippen molar-refractivity contribution >= 4 is 0 Å². The van der Waals surface area contributed by atoms with E-state index >= 15 is 0 Å². The summed E-state index contributed by atoms with van der Waals surface area (Å²) in [6.07, 6.45) is 9.18. The molecule has 1 nitrogen and oxygen atoms in total. The molecule has 111 valence electrons. The number of rotatable bonds is 7. The van der Waals surface area contributed by atoms with E-state index in [-0.39, 0.29) is 0 Å². The molecule has 2 rings (SSSR count). The Bertz CT molecular complexity index is 379. The zero-order chi connectivity index (χ0) is 14.2. The minimum Gasteiger partial charge on any atom is -0.312 e. The third kappa shape index (κ3) is 4.34. The van der Waals surface area contributed by atoms with Crippen molar-refractivity contribution in [2.24, 2.45) is 5.92 Å². The number of piperidine rings is 1. The van der Waals surface area contributed by atoms with Crippen LogP contribution in [0.15, 0.2) is 24.3 Å². The second-order valence-electron chi connectivity index (χ2n) is 6.15. The number of unbranched alkanes of at least 4 members (excludes halogenated alkanes) is 1. The van der Waals surface area contributed by atoms with Gasteiger partial charge in [0.2, 0.25) is 0 Å². The van der Waals surface area contributed by atoms with E-state index in [1.165, 1.54) is 45.1 Å². The number of nitrogens with one attached hydrogen (secondary N) is 1. The lowest BCUT2D eigenvalue weighted by Crippen LogP contribution is -2.26. The van der Waals surface area contributed by atoms with Crippen LogP contribution in [0, 0.1) is 12.5 Å². The summed E-state index contributed by atoms with van der Waals surface area (Å²) < 4.78 is 0. The molecule has 1 aromatic rings. The van der Waals surface area contributed by atoms with E-state index < -0.39 is 0 Å².